The van der Waals surface area contributed by atoms with Gasteiger partial charge in [0.15, 0.2) is 0 Å². The molecule has 35 heavy (non-hydrogen) atoms. The van der Waals surface area contributed by atoms with Crippen molar-refractivity contribution in [1.82, 2.24) is 0 Å². The van der Waals surface area contributed by atoms with Crippen molar-refractivity contribution >= 4 is 23.7 Å². The van der Waals surface area contributed by atoms with Crippen molar-refractivity contribution in [3.05, 3.63) is 24.2 Å². The lowest BCUT2D eigenvalue weighted by atomic mass is 9.44. The van der Waals surface area contributed by atoms with Crippen LogP contribution in [-0.4, -0.2) is 39.7 Å². The lowest BCUT2D eigenvalue weighted by Crippen LogP contribution is -2.53. The summed E-state index contributed by atoms with van der Waals surface area (Å²) in [5.41, 5.74) is 8.31. The van der Waals surface area contributed by atoms with E-state index in [9.17, 15) is 0 Å². The Labute approximate surface area is 213 Å². The third kappa shape index (κ3) is 5.18. The number of aliphatic carboxylic acids is 2. The van der Waals surface area contributed by atoms with Gasteiger partial charge in [0.05, 0.1) is 12.5 Å². The molecule has 4 aliphatic carbocycles. The van der Waals surface area contributed by atoms with E-state index in [0.717, 1.165) is 41.4 Å². The summed E-state index contributed by atoms with van der Waals surface area (Å²) in [7, 11) is 0. The summed E-state index contributed by atoms with van der Waals surface area (Å²) in [5, 5.41) is 15.7. The number of rotatable bonds is 5. The molecule has 8 atom stereocenters. The highest BCUT2D eigenvalue weighted by Gasteiger charge is 2.60. The molecule has 4 N–H and O–H groups in total. The zero-order valence-corrected chi connectivity index (χ0v) is 22.1. The Morgan fingerprint density at radius 2 is 1.74 bits per heavy atom. The van der Waals surface area contributed by atoms with Crippen molar-refractivity contribution in [3.8, 4) is 0 Å². The summed E-state index contributed by atoms with van der Waals surface area (Å²) in [5.74, 6) is 2.23. The molecule has 1 aromatic heterocycles. The molecule has 6 nitrogen and oxygen atoms in total. The van der Waals surface area contributed by atoms with E-state index in [1.54, 1.807) is 0 Å². The van der Waals surface area contributed by atoms with Gasteiger partial charge in [0.25, 0.3) is 0 Å². The highest BCUT2D eigenvalue weighted by molar-refractivity contribution is 7.99. The molecule has 4 aliphatic rings. The van der Waals surface area contributed by atoms with E-state index in [2.05, 4.69) is 31.7 Å². The summed E-state index contributed by atoms with van der Waals surface area (Å²) in [6.07, 6.45) is 18.3. The second-order valence-electron chi connectivity index (χ2n) is 11.9. The topological polar surface area (TPSA) is 114 Å². The third-order valence-electron chi connectivity index (χ3n) is 10.4. The first-order valence-electron chi connectivity index (χ1n) is 13.5. The maximum atomic E-state index is 9.10. The van der Waals surface area contributed by atoms with E-state index in [1.165, 1.54) is 75.5 Å². The van der Waals surface area contributed by atoms with Crippen molar-refractivity contribution in [2.75, 3.05) is 12.3 Å². The average molecular weight is 506 g/mol. The molecule has 4 fully saturated rings. The molecule has 7 heteroatoms. The van der Waals surface area contributed by atoms with E-state index < -0.39 is 11.9 Å². The molecule has 5 rings (SSSR count). The van der Waals surface area contributed by atoms with Crippen LogP contribution in [0.1, 0.15) is 89.5 Å². The fraction of sp³-hybridized carbons (Fsp3) is 0.786. The molecule has 0 saturated heterocycles. The van der Waals surface area contributed by atoms with Crippen LogP contribution in [0.15, 0.2) is 23.0 Å². The molecular formula is C28H43NO5S. The number of hydrogen-bond acceptors (Lipinski definition) is 5. The summed E-state index contributed by atoms with van der Waals surface area (Å²) in [4.78, 5) is 18.2. The Morgan fingerprint density at radius 3 is 2.40 bits per heavy atom. The van der Waals surface area contributed by atoms with Gasteiger partial charge in [-0.25, -0.2) is 9.59 Å². The lowest BCUT2D eigenvalue weighted by Gasteiger charge is -2.61. The van der Waals surface area contributed by atoms with E-state index in [1.807, 2.05) is 12.5 Å². The van der Waals surface area contributed by atoms with Crippen molar-refractivity contribution in [1.29, 1.82) is 0 Å². The second kappa shape index (κ2) is 10.9. The van der Waals surface area contributed by atoms with Gasteiger partial charge in [0, 0.05) is 5.25 Å². The Bertz CT molecular complexity index is 863. The van der Waals surface area contributed by atoms with Crippen LogP contribution in [0.25, 0.3) is 0 Å². The monoisotopic (exact) mass is 505 g/mol. The van der Waals surface area contributed by atoms with Crippen LogP contribution in [0.5, 0.6) is 0 Å². The fourth-order valence-electron chi connectivity index (χ4n) is 8.72. The fourth-order valence-corrected chi connectivity index (χ4v) is 10.0. The van der Waals surface area contributed by atoms with Gasteiger partial charge in [0.2, 0.25) is 0 Å². The van der Waals surface area contributed by atoms with Crippen LogP contribution in [-0.2, 0) is 9.59 Å². The molecule has 1 unspecified atom stereocenters. The van der Waals surface area contributed by atoms with E-state index >= 15 is 0 Å². The van der Waals surface area contributed by atoms with Gasteiger partial charge in [-0.05, 0) is 129 Å². The second-order valence-corrected chi connectivity index (χ2v) is 13.3. The molecule has 4 saturated carbocycles. The predicted octanol–water partition coefficient (Wildman–Crippen LogP) is 6.01. The molecule has 0 aliphatic heterocycles. The normalized spacial score (nSPS) is 40.0. The number of carboxylic acids is 2. The zero-order valence-electron chi connectivity index (χ0n) is 21.3. The van der Waals surface area contributed by atoms with Crippen LogP contribution >= 0.6 is 11.8 Å². The van der Waals surface area contributed by atoms with Crippen molar-refractivity contribution in [2.24, 2.45) is 40.2 Å². The molecule has 0 bridgehead atoms. The largest absolute Gasteiger partial charge is 0.473 e. The van der Waals surface area contributed by atoms with Crippen molar-refractivity contribution in [3.63, 3.8) is 0 Å². The lowest BCUT2D eigenvalue weighted by molar-refractivity contribution is -0.159. The molecule has 0 amide bonds. The highest BCUT2D eigenvalue weighted by Crippen LogP contribution is 2.69. The smallest absolute Gasteiger partial charge is 0.414 e. The Kier molecular flexibility index (Phi) is 8.26. The molecule has 1 heterocycles. The number of carbonyl (C=O) groups is 2. The number of thioether (sulfide) groups is 1. The Balaban J connectivity index is 0.000000431. The molecule has 1 aromatic rings. The number of hydrogen-bond donors (Lipinski definition) is 3. The molecular weight excluding hydrogens is 462 g/mol. The summed E-state index contributed by atoms with van der Waals surface area (Å²) in [6, 6.07) is 2.24. The van der Waals surface area contributed by atoms with E-state index in [-0.39, 0.29) is 0 Å². The van der Waals surface area contributed by atoms with Gasteiger partial charge in [-0.15, -0.1) is 0 Å². The minimum absolute atomic E-state index is 0.503. The maximum absolute atomic E-state index is 9.10. The minimum atomic E-state index is -1.82. The van der Waals surface area contributed by atoms with E-state index in [0.29, 0.717) is 10.8 Å². The quantitative estimate of drug-likeness (QED) is 0.331. The summed E-state index contributed by atoms with van der Waals surface area (Å²) in [6.45, 7) is 6.20. The molecule has 0 spiro atoms. The average Bonchev–Trinajstić information content (AvgIpc) is 3.47. The van der Waals surface area contributed by atoms with Crippen LogP contribution in [0.2, 0.25) is 0 Å². The number of nitrogens with two attached hydrogens (primary N) is 1. The standard InChI is InChI=1S/C26H41NOS.C2H2O4/c1-25-11-8-20(29-15-3-13-27)16-19(25)4-5-21-23-7-6-22(18-10-14-28-17-18)26(23,2)12-9-24(21)25;3-1(4)2(5)6/h10,14,17,19-24H,3-9,11-13,15-16,27H2,1-2H3;(H,3,4)(H,5,6)/t19?,20-,21-,22+,23-,24-,25-,26+;/m0./s1. The van der Waals surface area contributed by atoms with Crippen molar-refractivity contribution < 1.29 is 24.2 Å². The molecule has 0 radical (unpaired) electrons. The number of carboxylic acid groups (broad SMARTS) is 2. The first-order chi connectivity index (χ1) is 16.7. The van der Waals surface area contributed by atoms with Crippen LogP contribution in [0.3, 0.4) is 0 Å². The van der Waals surface area contributed by atoms with E-state index in [4.69, 9.17) is 30.0 Å². The molecule has 0 aromatic carbocycles. The van der Waals surface area contributed by atoms with Gasteiger partial charge >= 0.3 is 11.9 Å². The number of furan rings is 1. The maximum Gasteiger partial charge on any atom is 0.414 e. The predicted molar refractivity (Wildman–Crippen MR) is 138 cm³/mol. The van der Waals surface area contributed by atoms with Gasteiger partial charge in [-0.1, -0.05) is 13.8 Å². The van der Waals surface area contributed by atoms with Crippen molar-refractivity contribution in [2.45, 2.75) is 89.2 Å². The third-order valence-corrected chi connectivity index (χ3v) is 11.9. The Morgan fingerprint density at radius 1 is 1.03 bits per heavy atom. The van der Waals surface area contributed by atoms with Gasteiger partial charge in [0.1, 0.15) is 0 Å². The zero-order chi connectivity index (χ0) is 25.2. The summed E-state index contributed by atoms with van der Waals surface area (Å²) >= 11 is 2.23. The Hall–Kier alpha value is -1.47. The van der Waals surface area contributed by atoms with Gasteiger partial charge in [-0.2, -0.15) is 11.8 Å². The van der Waals surface area contributed by atoms with Crippen LogP contribution in [0, 0.1) is 34.5 Å². The molecule has 196 valence electrons. The highest BCUT2D eigenvalue weighted by atomic mass is 32.2. The summed E-state index contributed by atoms with van der Waals surface area (Å²) < 4.78 is 5.48. The van der Waals surface area contributed by atoms with Crippen LogP contribution in [0.4, 0.5) is 0 Å². The SMILES string of the molecule is C[C@]12CC[C@H]3[C@@H](CCC4C[C@@H](SCCCN)CC[C@@]43C)[C@@H]1CC[C@@H]2c1ccoc1.O=C(O)C(=O)O. The number of fused-ring (bicyclic) bond motifs is 5. The van der Waals surface area contributed by atoms with Gasteiger partial charge < -0.3 is 20.4 Å². The van der Waals surface area contributed by atoms with Gasteiger partial charge in [-0.3, -0.25) is 0 Å². The first kappa shape index (κ1) is 26.6. The van der Waals surface area contributed by atoms with Crippen LogP contribution < -0.4 is 5.73 Å². The first-order valence-corrected chi connectivity index (χ1v) is 14.6. The minimum Gasteiger partial charge on any atom is -0.473 e.